The lowest BCUT2D eigenvalue weighted by atomic mass is 10.1. The summed E-state index contributed by atoms with van der Waals surface area (Å²) in [7, 11) is 3.04. The first-order valence-electron chi connectivity index (χ1n) is 7.88. The molecule has 1 unspecified atom stereocenters. The largest absolute Gasteiger partial charge is 0.469 e. The van der Waals surface area contributed by atoms with Gasteiger partial charge in [-0.05, 0) is 31.2 Å². The molecule has 1 aromatic heterocycles. The number of thioether (sulfide) groups is 1. The molecule has 0 aliphatic carbocycles. The van der Waals surface area contributed by atoms with Gasteiger partial charge in [-0.1, -0.05) is 6.92 Å². The first-order chi connectivity index (χ1) is 11.9. The molecule has 0 aliphatic heterocycles. The summed E-state index contributed by atoms with van der Waals surface area (Å²) >= 11 is 3.34. The smallest absolute Gasteiger partial charge is 0.310 e. The molecule has 1 atom stereocenters. The minimum Gasteiger partial charge on any atom is -0.469 e. The molecule has 7 heteroatoms. The number of ether oxygens (including phenoxy) is 1. The number of esters is 1. The summed E-state index contributed by atoms with van der Waals surface area (Å²) in [5.74, 6) is 0.0372. The number of amides is 1. The molecule has 1 aromatic carbocycles. The van der Waals surface area contributed by atoms with Gasteiger partial charge in [-0.2, -0.15) is 0 Å². The first kappa shape index (κ1) is 19.5. The van der Waals surface area contributed by atoms with Crippen LogP contribution >= 0.6 is 23.1 Å². The molecule has 0 N–H and O–H groups in total. The summed E-state index contributed by atoms with van der Waals surface area (Å²) in [6.07, 6.45) is 0. The van der Waals surface area contributed by atoms with Crippen molar-refractivity contribution >= 4 is 35.0 Å². The number of carbonyl (C=O) groups is 2. The molecule has 0 aliphatic rings. The van der Waals surface area contributed by atoms with E-state index in [4.69, 9.17) is 4.74 Å². The van der Waals surface area contributed by atoms with E-state index >= 15 is 0 Å². The molecule has 2 rings (SSSR count). The number of benzene rings is 1. The molecule has 25 heavy (non-hydrogen) atoms. The summed E-state index contributed by atoms with van der Waals surface area (Å²) in [5.41, 5.74) is 1.68. The van der Waals surface area contributed by atoms with E-state index in [1.807, 2.05) is 31.2 Å². The van der Waals surface area contributed by atoms with Gasteiger partial charge in [-0.25, -0.2) is 4.98 Å². The van der Waals surface area contributed by atoms with Gasteiger partial charge in [0.15, 0.2) is 0 Å². The van der Waals surface area contributed by atoms with Crippen molar-refractivity contribution in [1.82, 2.24) is 9.88 Å². The summed E-state index contributed by atoms with van der Waals surface area (Å²) in [6.45, 7) is 4.07. The molecule has 134 valence electrons. The van der Waals surface area contributed by atoms with Crippen LogP contribution in [0.2, 0.25) is 0 Å². The van der Waals surface area contributed by atoms with Gasteiger partial charge in [0.05, 0.1) is 23.7 Å². The van der Waals surface area contributed by atoms with E-state index in [9.17, 15) is 9.59 Å². The average molecular weight is 379 g/mol. The predicted molar refractivity (Wildman–Crippen MR) is 101 cm³/mol. The number of aryl methyl sites for hydroxylation is 1. The summed E-state index contributed by atoms with van der Waals surface area (Å²) < 4.78 is 4.69. The van der Waals surface area contributed by atoms with Gasteiger partial charge < -0.3 is 9.64 Å². The third-order valence-corrected chi connectivity index (χ3v) is 5.52. The van der Waals surface area contributed by atoms with E-state index in [-0.39, 0.29) is 17.8 Å². The fraction of sp³-hybridized carbons (Fsp3) is 0.389. The van der Waals surface area contributed by atoms with Crippen LogP contribution in [0.5, 0.6) is 0 Å². The standard InChI is InChI=1S/C18H22N2O3S2/c1-12(18(22)23-4)9-20(3)17(21)14-5-7-16(8-6-14)25-11-15-10-24-13(2)19-15/h5-8,10,12H,9,11H2,1-4H3. The van der Waals surface area contributed by atoms with Crippen molar-refractivity contribution in [2.75, 3.05) is 20.7 Å². The second-order valence-corrected chi connectivity index (χ2v) is 7.89. The van der Waals surface area contributed by atoms with Crippen LogP contribution in [0.15, 0.2) is 34.5 Å². The second-order valence-electron chi connectivity index (χ2n) is 5.78. The molecule has 0 radical (unpaired) electrons. The van der Waals surface area contributed by atoms with Crippen molar-refractivity contribution in [3.8, 4) is 0 Å². The lowest BCUT2D eigenvalue weighted by Gasteiger charge is -2.20. The summed E-state index contributed by atoms with van der Waals surface area (Å²) in [6, 6.07) is 7.51. The lowest BCUT2D eigenvalue weighted by Crippen LogP contribution is -2.34. The van der Waals surface area contributed by atoms with Crippen molar-refractivity contribution in [2.24, 2.45) is 5.92 Å². The van der Waals surface area contributed by atoms with Crippen molar-refractivity contribution in [3.05, 3.63) is 45.9 Å². The Hall–Kier alpha value is -1.86. The fourth-order valence-corrected chi connectivity index (χ4v) is 3.82. The van der Waals surface area contributed by atoms with Crippen molar-refractivity contribution in [3.63, 3.8) is 0 Å². The number of carbonyl (C=O) groups excluding carboxylic acids is 2. The Balaban J connectivity index is 1.91. The number of nitrogens with zero attached hydrogens (tertiary/aromatic N) is 2. The van der Waals surface area contributed by atoms with Crippen LogP contribution in [0.1, 0.15) is 28.0 Å². The molecular formula is C18H22N2O3S2. The number of aromatic nitrogens is 1. The average Bonchev–Trinajstić information content (AvgIpc) is 3.04. The third kappa shape index (κ3) is 5.57. The second kappa shape index (κ2) is 9.01. The number of hydrogen-bond donors (Lipinski definition) is 0. The molecule has 5 nitrogen and oxygen atoms in total. The highest BCUT2D eigenvalue weighted by atomic mass is 32.2. The highest BCUT2D eigenvalue weighted by Crippen LogP contribution is 2.24. The maximum absolute atomic E-state index is 12.4. The van der Waals surface area contributed by atoms with Crippen molar-refractivity contribution < 1.29 is 14.3 Å². The van der Waals surface area contributed by atoms with E-state index < -0.39 is 0 Å². The Labute approximate surface area is 156 Å². The Morgan fingerprint density at radius 2 is 2.00 bits per heavy atom. The topological polar surface area (TPSA) is 59.5 Å². The molecular weight excluding hydrogens is 356 g/mol. The number of thiazole rings is 1. The van der Waals surface area contributed by atoms with Gasteiger partial charge >= 0.3 is 5.97 Å². The predicted octanol–water partition coefficient (Wildman–Crippen LogP) is 3.62. The van der Waals surface area contributed by atoms with Crippen molar-refractivity contribution in [2.45, 2.75) is 24.5 Å². The van der Waals surface area contributed by atoms with Gasteiger partial charge in [0.2, 0.25) is 0 Å². The lowest BCUT2D eigenvalue weighted by molar-refractivity contribution is -0.145. The van der Waals surface area contributed by atoms with Crippen LogP contribution in [-0.4, -0.2) is 42.5 Å². The van der Waals surface area contributed by atoms with Crippen LogP contribution in [0.25, 0.3) is 0 Å². The number of methoxy groups -OCH3 is 1. The molecule has 1 heterocycles. The van der Waals surface area contributed by atoms with Crippen LogP contribution in [0, 0.1) is 12.8 Å². The maximum Gasteiger partial charge on any atom is 0.310 e. The molecule has 2 aromatic rings. The van der Waals surface area contributed by atoms with Gasteiger partial charge in [0.25, 0.3) is 5.91 Å². The Morgan fingerprint density at radius 1 is 1.32 bits per heavy atom. The third-order valence-electron chi connectivity index (χ3n) is 3.65. The fourth-order valence-electron chi connectivity index (χ4n) is 2.32. The monoisotopic (exact) mass is 378 g/mol. The van der Waals surface area contributed by atoms with E-state index in [1.54, 1.807) is 42.0 Å². The number of rotatable bonds is 7. The Kier molecular flexibility index (Phi) is 7.01. The van der Waals surface area contributed by atoms with Gasteiger partial charge in [0, 0.05) is 35.2 Å². The Morgan fingerprint density at radius 3 is 2.56 bits per heavy atom. The van der Waals surface area contributed by atoms with E-state index in [2.05, 4.69) is 10.4 Å². The first-order valence-corrected chi connectivity index (χ1v) is 9.74. The molecule has 0 fully saturated rings. The van der Waals surface area contributed by atoms with Crippen LogP contribution in [0.4, 0.5) is 0 Å². The number of hydrogen-bond acceptors (Lipinski definition) is 6. The SMILES string of the molecule is COC(=O)C(C)CN(C)C(=O)c1ccc(SCc2csc(C)n2)cc1. The van der Waals surface area contributed by atoms with Crippen LogP contribution in [0.3, 0.4) is 0 Å². The zero-order chi connectivity index (χ0) is 18.4. The normalized spacial score (nSPS) is 11.8. The zero-order valence-corrected chi connectivity index (χ0v) is 16.4. The summed E-state index contributed by atoms with van der Waals surface area (Å²) in [5, 5.41) is 3.14. The highest BCUT2D eigenvalue weighted by molar-refractivity contribution is 7.98. The van der Waals surface area contributed by atoms with Crippen LogP contribution in [-0.2, 0) is 15.3 Å². The molecule has 0 spiro atoms. The van der Waals surface area contributed by atoms with Gasteiger partial charge in [-0.15, -0.1) is 23.1 Å². The van der Waals surface area contributed by atoms with Gasteiger partial charge in [-0.3, -0.25) is 9.59 Å². The Bertz CT molecular complexity index is 728. The molecule has 0 saturated heterocycles. The molecule has 1 amide bonds. The zero-order valence-electron chi connectivity index (χ0n) is 14.8. The minimum atomic E-state index is -0.352. The molecule has 0 bridgehead atoms. The molecule has 0 saturated carbocycles. The maximum atomic E-state index is 12.4. The van der Waals surface area contributed by atoms with E-state index in [1.165, 1.54) is 7.11 Å². The van der Waals surface area contributed by atoms with Crippen LogP contribution < -0.4 is 0 Å². The quantitative estimate of drug-likeness (QED) is 0.544. The summed E-state index contributed by atoms with van der Waals surface area (Å²) in [4.78, 5) is 31.0. The van der Waals surface area contributed by atoms with E-state index in [0.717, 1.165) is 21.3 Å². The van der Waals surface area contributed by atoms with E-state index in [0.29, 0.717) is 12.1 Å². The highest BCUT2D eigenvalue weighted by Gasteiger charge is 2.19. The van der Waals surface area contributed by atoms with Gasteiger partial charge in [0.1, 0.15) is 0 Å². The minimum absolute atomic E-state index is 0.109. The van der Waals surface area contributed by atoms with Crippen molar-refractivity contribution in [1.29, 1.82) is 0 Å².